The van der Waals surface area contributed by atoms with E-state index in [1.165, 1.54) is 6.07 Å². The van der Waals surface area contributed by atoms with Crippen LogP contribution in [0.5, 0.6) is 0 Å². The van der Waals surface area contributed by atoms with Crippen molar-refractivity contribution >= 4 is 5.69 Å². The molecule has 0 spiro atoms. The highest BCUT2D eigenvalue weighted by Crippen LogP contribution is 2.36. The van der Waals surface area contributed by atoms with Crippen LogP contribution in [0.1, 0.15) is 30.6 Å². The number of aromatic nitrogens is 1. The molecule has 0 radical (unpaired) electrons. The molecule has 0 atom stereocenters. The average molecular weight is 473 g/mol. The van der Waals surface area contributed by atoms with Crippen LogP contribution >= 0.6 is 0 Å². The maximum absolute atomic E-state index is 13.3. The lowest BCUT2D eigenvalue weighted by Crippen LogP contribution is -2.48. The second kappa shape index (κ2) is 11.1. The van der Waals surface area contributed by atoms with Crippen LogP contribution in [0.2, 0.25) is 0 Å². The van der Waals surface area contributed by atoms with E-state index in [9.17, 15) is 13.2 Å². The van der Waals surface area contributed by atoms with Gasteiger partial charge in [-0.25, -0.2) is 4.98 Å². The first-order chi connectivity index (χ1) is 16.5. The average Bonchev–Trinajstić information content (AvgIpc) is 3.25. The van der Waals surface area contributed by atoms with Gasteiger partial charge in [-0.3, -0.25) is 4.90 Å². The second-order valence-corrected chi connectivity index (χ2v) is 8.52. The molecular formula is C26H31F3N4O. The Hall–Kier alpha value is -2.84. The number of nitrogens with zero attached hydrogens (tertiary/aromatic N) is 3. The zero-order chi connectivity index (χ0) is 24.0. The molecule has 8 heteroatoms. The Morgan fingerprint density at radius 3 is 2.38 bits per heavy atom. The lowest BCUT2D eigenvalue weighted by Gasteiger charge is -2.37. The summed E-state index contributed by atoms with van der Waals surface area (Å²) in [5, 5.41) is 3.45. The molecule has 0 amide bonds. The molecule has 0 aliphatic carbocycles. The van der Waals surface area contributed by atoms with Gasteiger partial charge in [-0.1, -0.05) is 49.4 Å². The second-order valence-electron chi connectivity index (χ2n) is 8.52. The number of halogens is 3. The van der Waals surface area contributed by atoms with E-state index in [2.05, 4.69) is 17.1 Å². The lowest BCUT2D eigenvalue weighted by molar-refractivity contribution is -0.137. The first-order valence-electron chi connectivity index (χ1n) is 11.8. The summed E-state index contributed by atoms with van der Waals surface area (Å²) in [7, 11) is 0. The molecule has 34 heavy (non-hydrogen) atoms. The fourth-order valence-electron chi connectivity index (χ4n) is 4.30. The molecule has 0 bridgehead atoms. The summed E-state index contributed by atoms with van der Waals surface area (Å²) in [6, 6.07) is 15.9. The summed E-state index contributed by atoms with van der Waals surface area (Å²) in [5.74, 6) is 1.59. The van der Waals surface area contributed by atoms with Gasteiger partial charge in [-0.05, 0) is 18.6 Å². The number of piperazine rings is 1. The Balaban J connectivity index is 1.28. The molecular weight excluding hydrogens is 441 g/mol. The van der Waals surface area contributed by atoms with E-state index in [0.717, 1.165) is 68.0 Å². The van der Waals surface area contributed by atoms with E-state index in [1.807, 2.05) is 35.2 Å². The van der Waals surface area contributed by atoms with Crippen molar-refractivity contribution in [3.05, 3.63) is 71.8 Å². The zero-order valence-electron chi connectivity index (χ0n) is 19.4. The molecule has 5 nitrogen and oxygen atoms in total. The van der Waals surface area contributed by atoms with Crippen molar-refractivity contribution in [2.75, 3.05) is 44.2 Å². The van der Waals surface area contributed by atoms with E-state index >= 15 is 0 Å². The molecule has 0 unspecified atom stereocenters. The van der Waals surface area contributed by atoms with Crippen LogP contribution in [-0.4, -0.2) is 49.2 Å². The predicted octanol–water partition coefficient (Wildman–Crippen LogP) is 5.22. The minimum Gasteiger partial charge on any atom is -0.444 e. The van der Waals surface area contributed by atoms with Gasteiger partial charge < -0.3 is 14.6 Å². The summed E-state index contributed by atoms with van der Waals surface area (Å²) in [4.78, 5) is 8.81. The highest BCUT2D eigenvalue weighted by Gasteiger charge is 2.35. The number of benzene rings is 2. The van der Waals surface area contributed by atoms with E-state index in [-0.39, 0.29) is 5.69 Å². The number of alkyl halides is 3. The van der Waals surface area contributed by atoms with Gasteiger partial charge in [0, 0.05) is 56.9 Å². The number of hydrogen-bond acceptors (Lipinski definition) is 5. The van der Waals surface area contributed by atoms with Crippen molar-refractivity contribution in [2.45, 2.75) is 32.5 Å². The van der Waals surface area contributed by atoms with Crippen molar-refractivity contribution in [3.8, 4) is 11.3 Å². The van der Waals surface area contributed by atoms with Gasteiger partial charge in [0.2, 0.25) is 0 Å². The van der Waals surface area contributed by atoms with Crippen molar-refractivity contribution in [3.63, 3.8) is 0 Å². The van der Waals surface area contributed by atoms with Gasteiger partial charge >= 0.3 is 6.18 Å². The molecule has 1 aliphatic rings. The Morgan fingerprint density at radius 1 is 0.971 bits per heavy atom. The summed E-state index contributed by atoms with van der Waals surface area (Å²) in [6.07, 6.45) is -2.56. The number of hydrogen-bond donors (Lipinski definition) is 1. The number of nitrogens with one attached hydrogen (secondary N) is 1. The minimum atomic E-state index is -4.34. The lowest BCUT2D eigenvalue weighted by atomic mass is 10.1. The molecule has 1 fully saturated rings. The summed E-state index contributed by atoms with van der Waals surface area (Å²) in [5.41, 5.74) is 1.64. The molecule has 3 aromatic rings. The number of anilines is 1. The first-order valence-corrected chi connectivity index (χ1v) is 11.8. The highest BCUT2D eigenvalue weighted by atomic mass is 19.4. The van der Waals surface area contributed by atoms with E-state index in [0.29, 0.717) is 19.6 Å². The van der Waals surface area contributed by atoms with Crippen LogP contribution in [0, 0.1) is 0 Å². The third-order valence-corrected chi connectivity index (χ3v) is 6.07. The SMILES string of the molecule is CCCc1nc(-c2ccccc2)c(CNCCN2CCN(c3ccccc3C(F)(F)F)CC2)o1. The zero-order valence-corrected chi connectivity index (χ0v) is 19.4. The van der Waals surface area contributed by atoms with Gasteiger partial charge in [0.25, 0.3) is 0 Å². The number of aryl methyl sites for hydroxylation is 1. The van der Waals surface area contributed by atoms with E-state index in [4.69, 9.17) is 9.40 Å². The smallest absolute Gasteiger partial charge is 0.418 e. The summed E-state index contributed by atoms with van der Waals surface area (Å²) < 4.78 is 46.1. The molecule has 0 saturated carbocycles. The Bertz CT molecular complexity index is 1040. The third-order valence-electron chi connectivity index (χ3n) is 6.07. The maximum atomic E-state index is 13.3. The van der Waals surface area contributed by atoms with Gasteiger partial charge in [0.15, 0.2) is 5.89 Å². The fourth-order valence-corrected chi connectivity index (χ4v) is 4.30. The highest BCUT2D eigenvalue weighted by molar-refractivity contribution is 5.61. The van der Waals surface area contributed by atoms with E-state index in [1.54, 1.807) is 12.1 Å². The molecule has 1 aromatic heterocycles. The largest absolute Gasteiger partial charge is 0.444 e. The fraction of sp³-hybridized carbons (Fsp3) is 0.423. The van der Waals surface area contributed by atoms with Crippen LogP contribution in [0.3, 0.4) is 0 Å². The first kappa shape index (κ1) is 24.3. The van der Waals surface area contributed by atoms with Gasteiger partial charge in [-0.15, -0.1) is 0 Å². The summed E-state index contributed by atoms with van der Waals surface area (Å²) >= 11 is 0. The number of rotatable bonds is 9. The van der Waals surface area contributed by atoms with Gasteiger partial charge in [-0.2, -0.15) is 13.2 Å². The standard InChI is InChI=1S/C26H31F3N4O/c1-2-8-24-31-25(20-9-4-3-5-10-20)23(34-24)19-30-13-14-32-15-17-33(18-16-32)22-12-7-6-11-21(22)26(27,28)29/h3-7,9-12,30H,2,8,13-19H2,1H3. The quantitative estimate of drug-likeness (QED) is 0.433. The molecule has 182 valence electrons. The van der Waals surface area contributed by atoms with Crippen LogP contribution in [-0.2, 0) is 19.1 Å². The van der Waals surface area contributed by atoms with Crippen molar-refractivity contribution < 1.29 is 17.6 Å². The maximum Gasteiger partial charge on any atom is 0.418 e. The number of para-hydroxylation sites is 1. The van der Waals surface area contributed by atoms with E-state index < -0.39 is 11.7 Å². The van der Waals surface area contributed by atoms with Crippen LogP contribution in [0.15, 0.2) is 59.0 Å². The van der Waals surface area contributed by atoms with Crippen molar-refractivity contribution in [2.24, 2.45) is 0 Å². The molecule has 4 rings (SSSR count). The topological polar surface area (TPSA) is 44.5 Å². The van der Waals surface area contributed by atoms with Gasteiger partial charge in [0.05, 0.1) is 12.1 Å². The molecule has 2 aromatic carbocycles. The summed E-state index contributed by atoms with van der Waals surface area (Å²) in [6.45, 7) is 6.88. The monoisotopic (exact) mass is 472 g/mol. The van der Waals surface area contributed by atoms with Crippen LogP contribution in [0.25, 0.3) is 11.3 Å². The Kier molecular flexibility index (Phi) is 7.90. The Morgan fingerprint density at radius 2 is 1.68 bits per heavy atom. The Labute approximate surface area is 198 Å². The van der Waals surface area contributed by atoms with Gasteiger partial charge in [0.1, 0.15) is 11.5 Å². The normalized spacial score (nSPS) is 15.1. The van der Waals surface area contributed by atoms with Crippen molar-refractivity contribution in [1.82, 2.24) is 15.2 Å². The molecule has 1 aliphatic heterocycles. The third kappa shape index (κ3) is 5.98. The minimum absolute atomic E-state index is 0.273. The van der Waals surface area contributed by atoms with Crippen molar-refractivity contribution in [1.29, 1.82) is 0 Å². The van der Waals surface area contributed by atoms with Crippen LogP contribution in [0.4, 0.5) is 18.9 Å². The molecule has 2 heterocycles. The van der Waals surface area contributed by atoms with Crippen LogP contribution < -0.4 is 10.2 Å². The number of oxazole rings is 1. The molecule has 1 N–H and O–H groups in total. The predicted molar refractivity (Wildman–Crippen MR) is 128 cm³/mol. The molecule has 1 saturated heterocycles.